The molecule has 0 bridgehead atoms. The van der Waals surface area contributed by atoms with Gasteiger partial charge in [-0.15, -0.1) is 10.2 Å². The number of aromatic nitrogens is 2. The smallest absolute Gasteiger partial charge is 0.315 e. The molecule has 0 saturated carbocycles. The molecular formula is C20H29N5O3S. The predicted molar refractivity (Wildman–Crippen MR) is 115 cm³/mol. The maximum atomic E-state index is 12.8. The number of nitrogens with one attached hydrogen (secondary N) is 3. The van der Waals surface area contributed by atoms with Gasteiger partial charge in [0.25, 0.3) is 0 Å². The molecule has 2 aromatic rings. The van der Waals surface area contributed by atoms with Gasteiger partial charge in [-0.2, -0.15) is 0 Å². The average Bonchev–Trinajstić information content (AvgIpc) is 3.20. The van der Waals surface area contributed by atoms with Crippen LogP contribution in [0.15, 0.2) is 24.3 Å². The van der Waals surface area contributed by atoms with Crippen molar-refractivity contribution in [3.8, 4) is 16.3 Å². The summed E-state index contributed by atoms with van der Waals surface area (Å²) in [6.07, 6.45) is 2.63. The molecule has 0 saturated heterocycles. The minimum Gasteiger partial charge on any atom is -0.497 e. The summed E-state index contributed by atoms with van der Waals surface area (Å²) in [4.78, 5) is 24.9. The van der Waals surface area contributed by atoms with Crippen LogP contribution in [0.5, 0.6) is 5.75 Å². The van der Waals surface area contributed by atoms with E-state index in [0.717, 1.165) is 30.6 Å². The van der Waals surface area contributed by atoms with Crippen LogP contribution in [0.4, 0.5) is 9.93 Å². The molecule has 9 heteroatoms. The summed E-state index contributed by atoms with van der Waals surface area (Å²) in [7, 11) is 1.60. The lowest BCUT2D eigenvalue weighted by Crippen LogP contribution is -2.51. The third-order valence-corrected chi connectivity index (χ3v) is 5.46. The molecule has 0 unspecified atom stereocenters. The van der Waals surface area contributed by atoms with Crippen LogP contribution in [0.25, 0.3) is 10.6 Å². The van der Waals surface area contributed by atoms with Crippen molar-refractivity contribution < 1.29 is 14.3 Å². The number of benzene rings is 1. The maximum Gasteiger partial charge on any atom is 0.315 e. The Bertz CT molecular complexity index is 811. The van der Waals surface area contributed by atoms with Crippen molar-refractivity contribution in [3.05, 3.63) is 24.3 Å². The zero-order valence-corrected chi connectivity index (χ0v) is 18.1. The fourth-order valence-electron chi connectivity index (χ4n) is 2.60. The van der Waals surface area contributed by atoms with Crippen LogP contribution in [-0.2, 0) is 4.79 Å². The van der Waals surface area contributed by atoms with E-state index in [0.29, 0.717) is 16.7 Å². The number of rotatable bonds is 10. The minimum absolute atomic E-state index is 0.0299. The van der Waals surface area contributed by atoms with Crippen LogP contribution in [0.3, 0.4) is 0 Å². The second kappa shape index (κ2) is 11.4. The number of methoxy groups -OCH3 is 1. The molecular weight excluding hydrogens is 390 g/mol. The van der Waals surface area contributed by atoms with E-state index in [1.165, 1.54) is 11.3 Å². The van der Waals surface area contributed by atoms with Gasteiger partial charge in [0.15, 0.2) is 0 Å². The van der Waals surface area contributed by atoms with Crippen molar-refractivity contribution in [1.82, 2.24) is 20.8 Å². The Morgan fingerprint density at radius 1 is 1.24 bits per heavy atom. The summed E-state index contributed by atoms with van der Waals surface area (Å²) in [6, 6.07) is 6.48. The zero-order chi connectivity index (χ0) is 21.2. The summed E-state index contributed by atoms with van der Waals surface area (Å²) in [5.74, 6) is 0.384. The molecule has 3 amide bonds. The lowest BCUT2D eigenvalue weighted by atomic mass is 9.98. The molecule has 1 heterocycles. The van der Waals surface area contributed by atoms with Gasteiger partial charge in [0.2, 0.25) is 11.0 Å². The molecule has 0 spiro atoms. The van der Waals surface area contributed by atoms with Crippen molar-refractivity contribution in [1.29, 1.82) is 0 Å². The van der Waals surface area contributed by atoms with E-state index < -0.39 is 6.04 Å². The number of hydrogen-bond donors (Lipinski definition) is 3. The number of anilines is 1. The molecule has 2 rings (SSSR count). The van der Waals surface area contributed by atoms with Gasteiger partial charge in [-0.25, -0.2) is 4.79 Å². The first-order valence-corrected chi connectivity index (χ1v) is 10.6. The quantitative estimate of drug-likeness (QED) is 0.510. The van der Waals surface area contributed by atoms with E-state index in [9.17, 15) is 9.59 Å². The van der Waals surface area contributed by atoms with Crippen molar-refractivity contribution >= 4 is 28.4 Å². The van der Waals surface area contributed by atoms with Gasteiger partial charge in [-0.3, -0.25) is 10.1 Å². The van der Waals surface area contributed by atoms with Gasteiger partial charge in [0, 0.05) is 12.1 Å². The van der Waals surface area contributed by atoms with Crippen LogP contribution in [-0.4, -0.2) is 41.8 Å². The van der Waals surface area contributed by atoms with E-state index in [1.54, 1.807) is 7.11 Å². The molecule has 1 aromatic carbocycles. The second-order valence-corrected chi connectivity index (χ2v) is 7.73. The highest BCUT2D eigenvalue weighted by molar-refractivity contribution is 7.18. The van der Waals surface area contributed by atoms with Crippen molar-refractivity contribution in [2.45, 2.75) is 46.1 Å². The molecule has 0 fully saturated rings. The highest BCUT2D eigenvalue weighted by Gasteiger charge is 2.26. The fraction of sp³-hybridized carbons (Fsp3) is 0.500. The minimum atomic E-state index is -0.661. The number of ether oxygens (including phenoxy) is 1. The van der Waals surface area contributed by atoms with Gasteiger partial charge in [-0.1, -0.05) is 57.1 Å². The van der Waals surface area contributed by atoms with Crippen molar-refractivity contribution in [2.24, 2.45) is 5.92 Å². The normalized spacial score (nSPS) is 12.7. The molecule has 2 atom stereocenters. The Morgan fingerprint density at radius 3 is 2.72 bits per heavy atom. The van der Waals surface area contributed by atoms with Crippen LogP contribution < -0.4 is 20.7 Å². The number of hydrogen-bond acceptors (Lipinski definition) is 6. The first kappa shape index (κ1) is 22.6. The molecule has 158 valence electrons. The fourth-order valence-corrected chi connectivity index (χ4v) is 3.35. The summed E-state index contributed by atoms with van der Waals surface area (Å²) in [5.41, 5.74) is 0.856. The van der Waals surface area contributed by atoms with Gasteiger partial charge < -0.3 is 15.4 Å². The Labute approximate surface area is 175 Å². The number of carbonyl (C=O) groups is 2. The van der Waals surface area contributed by atoms with Crippen molar-refractivity contribution in [3.63, 3.8) is 0 Å². The van der Waals surface area contributed by atoms with Gasteiger partial charge in [-0.05, 0) is 24.5 Å². The molecule has 1 aromatic heterocycles. The van der Waals surface area contributed by atoms with Crippen LogP contribution in [0, 0.1) is 5.92 Å². The van der Waals surface area contributed by atoms with E-state index in [4.69, 9.17) is 4.74 Å². The van der Waals surface area contributed by atoms with Crippen molar-refractivity contribution in [2.75, 3.05) is 19.0 Å². The summed E-state index contributed by atoms with van der Waals surface area (Å²) < 4.78 is 5.23. The lowest BCUT2D eigenvalue weighted by molar-refractivity contribution is -0.119. The highest BCUT2D eigenvalue weighted by atomic mass is 32.1. The molecule has 0 aliphatic rings. The van der Waals surface area contributed by atoms with E-state index in [-0.39, 0.29) is 17.9 Å². The monoisotopic (exact) mass is 419 g/mol. The number of urea groups is 1. The number of nitrogens with zero attached hydrogens (tertiary/aromatic N) is 2. The molecule has 3 N–H and O–H groups in total. The predicted octanol–water partition coefficient (Wildman–Crippen LogP) is 3.67. The number of amides is 3. The maximum absolute atomic E-state index is 12.8. The first-order valence-electron chi connectivity index (χ1n) is 9.81. The third kappa shape index (κ3) is 6.70. The Kier molecular flexibility index (Phi) is 8.85. The van der Waals surface area contributed by atoms with Crippen LogP contribution in [0.1, 0.15) is 40.0 Å². The lowest BCUT2D eigenvalue weighted by Gasteiger charge is -2.23. The average molecular weight is 420 g/mol. The molecule has 0 aliphatic carbocycles. The summed E-state index contributed by atoms with van der Waals surface area (Å²) in [5, 5.41) is 17.6. The number of unbranched alkanes of at least 4 members (excludes halogenated alkanes) is 1. The molecule has 0 aliphatic heterocycles. The Balaban J connectivity index is 2.05. The van der Waals surface area contributed by atoms with Crippen LogP contribution in [0.2, 0.25) is 0 Å². The Morgan fingerprint density at radius 2 is 2.03 bits per heavy atom. The molecule has 0 radical (unpaired) electrons. The van der Waals surface area contributed by atoms with Crippen LogP contribution >= 0.6 is 11.3 Å². The molecule has 8 nitrogen and oxygen atoms in total. The SMILES string of the molecule is CCCCNC(=O)N[C@@H](C(=O)Nc1nnc(-c2cccc(OC)c2)s1)[C@@H](C)CC. The van der Waals surface area contributed by atoms with E-state index >= 15 is 0 Å². The number of carbonyl (C=O) groups excluding carboxylic acids is 2. The first-order chi connectivity index (χ1) is 14.0. The van der Waals surface area contributed by atoms with E-state index in [2.05, 4.69) is 33.1 Å². The summed E-state index contributed by atoms with van der Waals surface area (Å²) >= 11 is 1.27. The standard InChI is InChI=1S/C20H29N5O3S/c1-5-7-11-21-19(27)22-16(13(3)6-2)17(26)23-20-25-24-18(29-20)14-9-8-10-15(12-14)28-4/h8-10,12-13,16H,5-7,11H2,1-4H3,(H2,21,22,27)(H,23,25,26)/t13-,16+/m0/s1. The second-order valence-electron chi connectivity index (χ2n) is 6.75. The summed E-state index contributed by atoms with van der Waals surface area (Å²) in [6.45, 7) is 6.54. The van der Waals surface area contributed by atoms with Gasteiger partial charge >= 0.3 is 6.03 Å². The van der Waals surface area contributed by atoms with Gasteiger partial charge in [0.1, 0.15) is 16.8 Å². The highest BCUT2D eigenvalue weighted by Crippen LogP contribution is 2.29. The topological polar surface area (TPSA) is 105 Å². The third-order valence-electron chi connectivity index (χ3n) is 4.57. The largest absolute Gasteiger partial charge is 0.497 e. The molecule has 29 heavy (non-hydrogen) atoms. The van der Waals surface area contributed by atoms with E-state index in [1.807, 2.05) is 38.1 Å². The van der Waals surface area contributed by atoms with Gasteiger partial charge in [0.05, 0.1) is 7.11 Å². The Hall–Kier alpha value is -2.68. The zero-order valence-electron chi connectivity index (χ0n) is 17.3.